The van der Waals surface area contributed by atoms with Crippen molar-refractivity contribution in [1.29, 1.82) is 0 Å². The zero-order valence-electron chi connectivity index (χ0n) is 12.3. The van der Waals surface area contributed by atoms with Gasteiger partial charge < -0.3 is 5.32 Å². The Balaban J connectivity index is 2.07. The average Bonchev–Trinajstić information content (AvgIpc) is 2.80. The summed E-state index contributed by atoms with van der Waals surface area (Å²) in [7, 11) is 0. The Bertz CT molecular complexity index is 527. The molecule has 1 unspecified atom stereocenters. The number of nitrogens with one attached hydrogen (secondary N) is 1. The fourth-order valence-electron chi connectivity index (χ4n) is 2.28. The average molecular weight is 308 g/mol. The first-order chi connectivity index (χ1) is 9.44. The minimum absolute atomic E-state index is 0.292. The van der Waals surface area contributed by atoms with Gasteiger partial charge in [0.05, 0.1) is 5.02 Å². The first-order valence-corrected chi connectivity index (χ1v) is 8.21. The minimum Gasteiger partial charge on any atom is -0.305 e. The summed E-state index contributed by atoms with van der Waals surface area (Å²) in [5.74, 6) is 0. The van der Waals surface area contributed by atoms with E-state index >= 15 is 0 Å². The fourth-order valence-corrected chi connectivity index (χ4v) is 3.30. The van der Waals surface area contributed by atoms with Gasteiger partial charge in [0.15, 0.2) is 0 Å². The van der Waals surface area contributed by atoms with E-state index in [1.54, 1.807) is 11.3 Å². The van der Waals surface area contributed by atoms with Gasteiger partial charge in [0, 0.05) is 22.8 Å². The van der Waals surface area contributed by atoms with E-state index in [4.69, 9.17) is 11.6 Å². The smallest absolute Gasteiger partial charge is 0.0516 e. The Labute approximate surface area is 131 Å². The van der Waals surface area contributed by atoms with Crippen LogP contribution in [-0.4, -0.2) is 0 Å². The second-order valence-corrected chi connectivity index (χ2v) is 7.77. The molecule has 20 heavy (non-hydrogen) atoms. The molecule has 1 N–H and O–H groups in total. The van der Waals surface area contributed by atoms with Crippen LogP contribution in [0.3, 0.4) is 0 Å². The zero-order chi connectivity index (χ0) is 14.6. The minimum atomic E-state index is 0.292. The van der Waals surface area contributed by atoms with Gasteiger partial charge in [-0.25, -0.2) is 0 Å². The molecule has 2 rings (SSSR count). The molecule has 0 aliphatic rings. The molecule has 2 aromatic rings. The summed E-state index contributed by atoms with van der Waals surface area (Å²) in [5.41, 5.74) is 1.64. The molecule has 108 valence electrons. The van der Waals surface area contributed by atoms with Crippen LogP contribution in [0.2, 0.25) is 5.02 Å². The molecule has 1 heterocycles. The van der Waals surface area contributed by atoms with Gasteiger partial charge in [-0.05, 0) is 23.5 Å². The van der Waals surface area contributed by atoms with Gasteiger partial charge >= 0.3 is 0 Å². The van der Waals surface area contributed by atoms with Crippen molar-refractivity contribution in [1.82, 2.24) is 5.32 Å². The van der Waals surface area contributed by atoms with Crippen LogP contribution in [0, 0.1) is 5.41 Å². The van der Waals surface area contributed by atoms with E-state index in [0.29, 0.717) is 11.5 Å². The van der Waals surface area contributed by atoms with E-state index in [9.17, 15) is 0 Å². The molecule has 0 amide bonds. The van der Waals surface area contributed by atoms with E-state index < -0.39 is 0 Å². The van der Waals surface area contributed by atoms with E-state index in [-0.39, 0.29) is 0 Å². The van der Waals surface area contributed by atoms with Crippen molar-refractivity contribution in [2.45, 2.75) is 39.8 Å². The summed E-state index contributed by atoms with van der Waals surface area (Å²) in [6.45, 7) is 7.72. The maximum Gasteiger partial charge on any atom is 0.0516 e. The Kier molecular flexibility index (Phi) is 5.25. The molecule has 3 heteroatoms. The van der Waals surface area contributed by atoms with Crippen molar-refractivity contribution in [3.8, 4) is 0 Å². The van der Waals surface area contributed by atoms with Crippen LogP contribution in [0.1, 0.15) is 43.7 Å². The maximum absolute atomic E-state index is 5.98. The molecule has 0 fully saturated rings. The van der Waals surface area contributed by atoms with Gasteiger partial charge in [-0.1, -0.05) is 62.7 Å². The van der Waals surface area contributed by atoms with E-state index in [2.05, 4.69) is 56.4 Å². The van der Waals surface area contributed by atoms with Gasteiger partial charge in [0.1, 0.15) is 0 Å². The Hall–Kier alpha value is -0.830. The molecular formula is C17H22ClNS. The van der Waals surface area contributed by atoms with Crippen LogP contribution in [0.25, 0.3) is 0 Å². The lowest BCUT2D eigenvalue weighted by Gasteiger charge is -2.27. The highest BCUT2D eigenvalue weighted by atomic mass is 35.5. The van der Waals surface area contributed by atoms with Gasteiger partial charge in [-0.3, -0.25) is 0 Å². The van der Waals surface area contributed by atoms with Gasteiger partial charge in [-0.2, -0.15) is 0 Å². The molecule has 1 atom stereocenters. The summed E-state index contributed by atoms with van der Waals surface area (Å²) < 4.78 is 0. The van der Waals surface area contributed by atoms with Crippen LogP contribution in [0.5, 0.6) is 0 Å². The van der Waals surface area contributed by atoms with E-state index in [1.165, 1.54) is 10.4 Å². The summed E-state index contributed by atoms with van der Waals surface area (Å²) >= 11 is 7.69. The first kappa shape index (κ1) is 15.6. The molecular weight excluding hydrogens is 286 g/mol. The van der Waals surface area contributed by atoms with Crippen LogP contribution in [0.15, 0.2) is 41.8 Å². The zero-order valence-corrected chi connectivity index (χ0v) is 13.9. The fraction of sp³-hybridized carbons (Fsp3) is 0.412. The van der Waals surface area contributed by atoms with Crippen LogP contribution >= 0.6 is 22.9 Å². The lowest BCUT2D eigenvalue weighted by Crippen LogP contribution is -2.25. The van der Waals surface area contributed by atoms with Gasteiger partial charge in [-0.15, -0.1) is 11.3 Å². The van der Waals surface area contributed by atoms with Crippen molar-refractivity contribution < 1.29 is 0 Å². The third-order valence-corrected chi connectivity index (χ3v) is 4.45. The molecule has 1 nitrogen and oxygen atoms in total. The Morgan fingerprint density at radius 2 is 1.90 bits per heavy atom. The quantitative estimate of drug-likeness (QED) is 0.750. The molecule has 0 bridgehead atoms. The Morgan fingerprint density at radius 3 is 2.45 bits per heavy atom. The predicted molar refractivity (Wildman–Crippen MR) is 89.4 cm³/mol. The monoisotopic (exact) mass is 307 g/mol. The van der Waals surface area contributed by atoms with Gasteiger partial charge in [0.25, 0.3) is 0 Å². The number of hydrogen-bond donors (Lipinski definition) is 1. The summed E-state index contributed by atoms with van der Waals surface area (Å²) in [6, 6.07) is 13.1. The highest BCUT2D eigenvalue weighted by molar-refractivity contribution is 7.10. The van der Waals surface area contributed by atoms with E-state index in [0.717, 1.165) is 18.0 Å². The lowest BCUT2D eigenvalue weighted by molar-refractivity contribution is 0.310. The number of benzene rings is 1. The van der Waals surface area contributed by atoms with Crippen LogP contribution in [-0.2, 0) is 6.54 Å². The molecule has 0 spiro atoms. The number of rotatable bonds is 5. The molecule has 0 aliphatic heterocycles. The summed E-state index contributed by atoms with van der Waals surface area (Å²) in [5, 5.41) is 6.49. The van der Waals surface area contributed by atoms with Crippen molar-refractivity contribution in [2.24, 2.45) is 5.41 Å². The van der Waals surface area contributed by atoms with Crippen molar-refractivity contribution in [3.63, 3.8) is 0 Å². The topological polar surface area (TPSA) is 12.0 Å². The molecule has 0 aliphatic carbocycles. The Morgan fingerprint density at radius 1 is 1.20 bits per heavy atom. The third-order valence-electron chi connectivity index (χ3n) is 3.16. The second-order valence-electron chi connectivity index (χ2n) is 6.34. The summed E-state index contributed by atoms with van der Waals surface area (Å²) in [4.78, 5) is 1.28. The van der Waals surface area contributed by atoms with Crippen LogP contribution in [0.4, 0.5) is 0 Å². The number of halogens is 1. The molecule has 0 saturated heterocycles. The normalized spacial score (nSPS) is 13.4. The highest BCUT2D eigenvalue weighted by Crippen LogP contribution is 2.30. The van der Waals surface area contributed by atoms with Crippen molar-refractivity contribution in [3.05, 3.63) is 57.2 Å². The molecule has 0 radical (unpaired) electrons. The van der Waals surface area contributed by atoms with Gasteiger partial charge in [0.2, 0.25) is 0 Å². The van der Waals surface area contributed by atoms with E-state index in [1.807, 2.05) is 11.4 Å². The lowest BCUT2D eigenvalue weighted by atomic mass is 9.85. The second kappa shape index (κ2) is 6.75. The largest absolute Gasteiger partial charge is 0.305 e. The number of hydrogen-bond acceptors (Lipinski definition) is 2. The number of thiophene rings is 1. The van der Waals surface area contributed by atoms with Crippen molar-refractivity contribution in [2.75, 3.05) is 0 Å². The standard InChI is InChI=1S/C17H22ClNS/c1-17(2,3)10-16(13-7-5-4-6-8-13)19-11-15-9-14(18)12-20-15/h4-9,12,16,19H,10-11H2,1-3H3. The maximum atomic E-state index is 5.98. The SMILES string of the molecule is CC(C)(C)CC(NCc1cc(Cl)cs1)c1ccccc1. The molecule has 1 aromatic carbocycles. The van der Waals surface area contributed by atoms with Crippen molar-refractivity contribution >= 4 is 22.9 Å². The predicted octanol–water partition coefficient (Wildman–Crippen LogP) is 5.67. The van der Waals surface area contributed by atoms with Crippen LogP contribution < -0.4 is 5.32 Å². The molecule has 0 saturated carbocycles. The third kappa shape index (κ3) is 4.93. The first-order valence-electron chi connectivity index (χ1n) is 6.95. The molecule has 1 aromatic heterocycles. The highest BCUT2D eigenvalue weighted by Gasteiger charge is 2.19. The summed E-state index contributed by atoms with van der Waals surface area (Å²) in [6.07, 6.45) is 1.11.